The van der Waals surface area contributed by atoms with Gasteiger partial charge in [0.2, 0.25) is 35.4 Å². The maximum atomic E-state index is 14.7. The van der Waals surface area contributed by atoms with Crippen molar-refractivity contribution in [1.29, 1.82) is 0 Å². The van der Waals surface area contributed by atoms with Crippen LogP contribution in [0.5, 0.6) is 11.5 Å². The highest BCUT2D eigenvalue weighted by molar-refractivity contribution is 7.17. The molecule has 488 valence electrons. The minimum atomic E-state index is -2.04. The molecule has 0 spiro atoms. The summed E-state index contributed by atoms with van der Waals surface area (Å²) < 4.78 is 5.52. The molecule has 1 aliphatic carbocycles. The van der Waals surface area contributed by atoms with Crippen molar-refractivity contribution in [3.63, 3.8) is 0 Å². The highest BCUT2D eigenvalue weighted by Gasteiger charge is 2.50. The van der Waals surface area contributed by atoms with Crippen LogP contribution in [0.4, 0.5) is 5.69 Å². The van der Waals surface area contributed by atoms with Crippen LogP contribution in [0.25, 0.3) is 21.1 Å². The summed E-state index contributed by atoms with van der Waals surface area (Å²) in [5.74, 6) is -8.60. The molecule has 16 N–H and O–H groups in total. The van der Waals surface area contributed by atoms with E-state index in [0.29, 0.717) is 21.6 Å². The quantitative estimate of drug-likeness (QED) is 0.0542. The van der Waals surface area contributed by atoms with Crippen molar-refractivity contribution in [2.45, 2.75) is 144 Å². The first-order chi connectivity index (χ1) is 43.1. The minimum absolute atomic E-state index is 0.00285. The topological polar surface area (TPSA) is 421 Å². The molecule has 4 saturated heterocycles. The molecule has 0 unspecified atom stereocenters. The molecule has 9 rings (SSSR count). The zero-order valence-electron chi connectivity index (χ0n) is 50.3. The second-order valence-corrected chi connectivity index (χ2v) is 25.0. The predicted octanol–water partition coefficient (Wildman–Crippen LogP) is -2.72. The Morgan fingerprint density at radius 2 is 1.37 bits per heavy atom. The number of aliphatic hydroxyl groups is 6. The lowest BCUT2D eigenvalue weighted by molar-refractivity contribution is -0.147. The number of nitrogens with zero attached hydrogens (tertiary/aromatic N) is 6. The molecule has 1 saturated carbocycles. The largest absolute Gasteiger partial charge is 0.504 e. The molecule has 0 bridgehead atoms. The number of nitrogens with one attached hydrogen (secondary N) is 5. The van der Waals surface area contributed by atoms with Crippen LogP contribution in [0.1, 0.15) is 74.7 Å². The number of aromatic nitrogens is 2. The number of benzene rings is 3. The van der Waals surface area contributed by atoms with Crippen molar-refractivity contribution in [2.75, 3.05) is 70.4 Å². The van der Waals surface area contributed by atoms with E-state index in [1.165, 1.54) is 74.3 Å². The summed E-state index contributed by atoms with van der Waals surface area (Å²) in [4.78, 5) is 108. The molecule has 3 aromatic carbocycles. The number of ether oxygens (including phenoxy) is 1. The van der Waals surface area contributed by atoms with E-state index in [-0.39, 0.29) is 55.3 Å². The number of aromatic hydroxyl groups is 1. The van der Waals surface area contributed by atoms with Crippen molar-refractivity contribution < 1.29 is 74.0 Å². The lowest BCUT2D eigenvalue weighted by atomic mass is 9.98. The van der Waals surface area contributed by atoms with Gasteiger partial charge in [-0.3, -0.25) is 38.5 Å². The first-order valence-electron chi connectivity index (χ1n) is 30.7. The fourth-order valence-electron chi connectivity index (χ4n) is 12.5. The molecule has 4 aromatic rings. The van der Waals surface area contributed by atoms with Crippen LogP contribution < -0.4 is 47.7 Å². The summed E-state index contributed by atoms with van der Waals surface area (Å²) in [5.41, 5.74) is 14.4. The Kier molecular flexibility index (Phi) is 22.4. The number of anilines is 1. The number of carbonyl (C=O) groups excluding carboxylic acids is 7. The van der Waals surface area contributed by atoms with Gasteiger partial charge in [-0.15, -0.1) is 10.2 Å². The molecular weight excluding hydrogens is 1190 g/mol. The summed E-state index contributed by atoms with van der Waals surface area (Å²) in [6.07, 6.45) is -6.62. The summed E-state index contributed by atoms with van der Waals surface area (Å²) >= 11 is 1.35. The van der Waals surface area contributed by atoms with Crippen molar-refractivity contribution >= 4 is 58.4 Å². The van der Waals surface area contributed by atoms with Gasteiger partial charge in [0, 0.05) is 106 Å². The Hall–Kier alpha value is -7.45. The monoisotopic (exact) mass is 1270 g/mol. The maximum absolute atomic E-state index is 14.7. The number of β-amino-alcohol motifs (C(OH)–C–C–N with tert-alkyl or cyclic N) is 1. The number of piperazine rings is 1. The van der Waals surface area contributed by atoms with Gasteiger partial charge in [-0.25, -0.2) is 0 Å². The third-order valence-corrected chi connectivity index (χ3v) is 18.5. The van der Waals surface area contributed by atoms with Crippen molar-refractivity contribution in [2.24, 2.45) is 17.4 Å². The number of hydrogen-bond acceptors (Lipinski definition) is 22. The second-order valence-electron chi connectivity index (χ2n) is 24.0. The van der Waals surface area contributed by atoms with Gasteiger partial charge in [-0.05, 0) is 86.8 Å². The van der Waals surface area contributed by atoms with Crippen LogP contribution in [0.2, 0.25) is 0 Å². The van der Waals surface area contributed by atoms with E-state index < -0.39 is 152 Å². The number of nitrogens with two attached hydrogens (primary N) is 2. The van der Waals surface area contributed by atoms with Crippen molar-refractivity contribution in [3.8, 4) is 32.6 Å². The average molecular weight is 1270 g/mol. The SMILES string of the molecule is C[C@@H](O)[C@@H]1NC(=O)[C@@H](NC(=O)c2ccc(-c3nnc(-c4ccc(N5CCN(C6CCCC6)CC5)cc4)s3)cc2)C[C@@H](O)CNC(=O)[C@@H]2[C@@H](O)[C@@H](C)CN2C(=O)[C@H]([C@H](O)CCN)NC(=O)[C@H]([C@H](O)Cc2ccc(O)c(OCCN)c2)NC(=O)[C@@H]2C[C@@H](O)CN2C1=O. The first-order valence-corrected chi connectivity index (χ1v) is 31.5. The van der Waals surface area contributed by atoms with Gasteiger partial charge in [0.05, 0.1) is 36.6 Å². The zero-order chi connectivity index (χ0) is 64.5. The average Bonchev–Trinajstić information content (AvgIpc) is 2.18. The Bertz CT molecular complexity index is 3170. The Morgan fingerprint density at radius 3 is 2.01 bits per heavy atom. The lowest BCUT2D eigenvalue weighted by Crippen LogP contribution is -2.64. The van der Waals surface area contributed by atoms with Crippen LogP contribution in [0, 0.1) is 5.92 Å². The molecule has 5 heterocycles. The third-order valence-electron chi connectivity index (χ3n) is 17.5. The van der Waals surface area contributed by atoms with Gasteiger partial charge in [-0.1, -0.05) is 49.3 Å². The van der Waals surface area contributed by atoms with Gasteiger partial charge in [0.15, 0.2) is 11.5 Å². The summed E-state index contributed by atoms with van der Waals surface area (Å²) in [6, 6.07) is 8.26. The third kappa shape index (κ3) is 15.8. The van der Waals surface area contributed by atoms with Crippen LogP contribution in [0.3, 0.4) is 0 Å². The van der Waals surface area contributed by atoms with E-state index in [2.05, 4.69) is 58.7 Å². The van der Waals surface area contributed by atoms with Crippen LogP contribution >= 0.6 is 11.3 Å². The summed E-state index contributed by atoms with van der Waals surface area (Å²) in [5, 5.41) is 102. The van der Waals surface area contributed by atoms with Crippen LogP contribution in [-0.4, -0.2) is 246 Å². The fourth-order valence-corrected chi connectivity index (χ4v) is 13.3. The highest BCUT2D eigenvalue weighted by Crippen LogP contribution is 2.34. The van der Waals surface area contributed by atoms with E-state index >= 15 is 0 Å². The first kappa shape index (κ1) is 67.0. The lowest BCUT2D eigenvalue weighted by Gasteiger charge is -2.39. The second kappa shape index (κ2) is 30.1. The van der Waals surface area contributed by atoms with Gasteiger partial charge < -0.3 is 93.2 Å². The van der Waals surface area contributed by atoms with Crippen LogP contribution in [-0.2, 0) is 35.2 Å². The number of fused-ring (bicyclic) bond motifs is 2. The molecule has 90 heavy (non-hydrogen) atoms. The molecule has 1 aromatic heterocycles. The van der Waals surface area contributed by atoms with Gasteiger partial charge >= 0.3 is 0 Å². The summed E-state index contributed by atoms with van der Waals surface area (Å²) in [7, 11) is 0. The van der Waals surface area contributed by atoms with Crippen molar-refractivity contribution in [1.82, 2.24) is 51.5 Å². The normalized spacial score (nSPS) is 27.4. The summed E-state index contributed by atoms with van der Waals surface area (Å²) in [6.45, 7) is 5.11. The van der Waals surface area contributed by atoms with Gasteiger partial charge in [-0.2, -0.15) is 0 Å². The zero-order valence-corrected chi connectivity index (χ0v) is 51.1. The minimum Gasteiger partial charge on any atom is -0.504 e. The Morgan fingerprint density at radius 1 is 0.733 bits per heavy atom. The molecule has 28 nitrogen and oxygen atoms in total. The van der Waals surface area contributed by atoms with E-state index in [1.54, 1.807) is 12.1 Å². The number of phenols is 1. The number of rotatable bonds is 16. The Labute approximate surface area is 524 Å². The number of amides is 7. The van der Waals surface area contributed by atoms with E-state index in [0.717, 1.165) is 54.2 Å². The number of phenolic OH excluding ortho intramolecular Hbond substituents is 1. The molecule has 13 atom stereocenters. The van der Waals surface area contributed by atoms with Gasteiger partial charge in [0.1, 0.15) is 52.9 Å². The molecule has 5 fully saturated rings. The Balaban J connectivity index is 0.961. The molecule has 29 heteroatoms. The van der Waals surface area contributed by atoms with E-state index in [9.17, 15) is 69.3 Å². The molecule has 0 radical (unpaired) electrons. The number of aliphatic hydroxyl groups excluding tert-OH is 6. The van der Waals surface area contributed by atoms with E-state index in [1.807, 2.05) is 12.1 Å². The molecular formula is C61H83N13O15S. The fraction of sp³-hybridized carbons (Fsp3) is 0.557. The highest BCUT2D eigenvalue weighted by atomic mass is 32.1. The van der Waals surface area contributed by atoms with Crippen LogP contribution in [0.15, 0.2) is 66.7 Å². The predicted molar refractivity (Wildman–Crippen MR) is 328 cm³/mol. The van der Waals surface area contributed by atoms with Gasteiger partial charge in [0.25, 0.3) is 5.91 Å². The maximum Gasteiger partial charge on any atom is 0.251 e. The number of hydrogen-bond donors (Lipinski definition) is 14. The smallest absolute Gasteiger partial charge is 0.251 e. The number of carbonyl (C=O) groups is 7. The standard InChI is InChI=1S/C61H83N13O15S/c1-32-30-74-51(52(32)81)57(86)64-29-40(76)27-42(65-53(82)35-8-10-36(11-9-35)58-69-70-59(90-58)37-12-14-39(15-13-37)72-22-20-71(21-23-72)38-5-3-4-6-38)54(83)66-48(33(2)75)60(87)73-31-41(77)28-43(73)55(84)67-49(56(85)68-50(61(74)88)45(79)17-18-62)46(80)25-34-7-16-44(78)47(26-34)89-24-19-63/h7-16,26,32-33,38,40-43,45-46,48-52,75-81H,3-6,17-25,27-31,62-63H2,1-2H3,(H,64,86)(H,65,82)(H,66,83)(H,67,84)(H,68,85)/t32-,33+,40+,41+,42-,43-,45+,46+,48-,49-,50-,51-,52-/m0/s1. The van der Waals surface area contributed by atoms with E-state index in [4.69, 9.17) is 16.2 Å². The molecule has 7 amide bonds. The van der Waals surface area contributed by atoms with Crippen molar-refractivity contribution in [3.05, 3.63) is 77.9 Å². The molecule has 5 aliphatic rings. The molecule has 4 aliphatic heterocycles.